The molecule has 0 saturated carbocycles. The standard InChI is InChI=1S/C17H18N2O2/c1-19-11-14(10-17(19)21)18-16(20)9-13-7-4-6-12-5-2-3-8-15(12)13/h2-8,14H,9-11H2,1H3,(H,18,20). The first-order chi connectivity index (χ1) is 10.1. The van der Waals surface area contributed by atoms with E-state index in [4.69, 9.17) is 0 Å². The number of likely N-dealkylation sites (tertiary alicyclic amines) is 1. The highest BCUT2D eigenvalue weighted by Crippen LogP contribution is 2.19. The first-order valence-corrected chi connectivity index (χ1v) is 7.13. The molecular weight excluding hydrogens is 264 g/mol. The van der Waals surface area contributed by atoms with Gasteiger partial charge in [-0.2, -0.15) is 0 Å². The number of hydrogen-bond donors (Lipinski definition) is 1. The molecule has 108 valence electrons. The molecule has 1 heterocycles. The van der Waals surface area contributed by atoms with E-state index in [0.29, 0.717) is 19.4 Å². The molecule has 1 atom stereocenters. The number of amides is 2. The molecule has 2 amide bonds. The minimum atomic E-state index is -0.0648. The molecule has 0 aromatic heterocycles. The summed E-state index contributed by atoms with van der Waals surface area (Å²) in [5, 5.41) is 5.20. The molecule has 1 saturated heterocycles. The number of nitrogens with zero attached hydrogens (tertiary/aromatic N) is 1. The summed E-state index contributed by atoms with van der Waals surface area (Å²) < 4.78 is 0. The van der Waals surface area contributed by atoms with Crippen molar-refractivity contribution in [3.63, 3.8) is 0 Å². The molecule has 0 bridgehead atoms. The first kappa shape index (κ1) is 13.6. The van der Waals surface area contributed by atoms with Gasteiger partial charge in [0.15, 0.2) is 0 Å². The van der Waals surface area contributed by atoms with Crippen molar-refractivity contribution in [2.45, 2.75) is 18.9 Å². The largest absolute Gasteiger partial charge is 0.351 e. The van der Waals surface area contributed by atoms with Gasteiger partial charge >= 0.3 is 0 Å². The average molecular weight is 282 g/mol. The Kier molecular flexibility index (Phi) is 3.60. The van der Waals surface area contributed by atoms with Gasteiger partial charge in [0, 0.05) is 20.0 Å². The van der Waals surface area contributed by atoms with Crippen LogP contribution in [0.4, 0.5) is 0 Å². The molecule has 4 heteroatoms. The molecule has 2 aromatic carbocycles. The Labute approximate surface area is 123 Å². The van der Waals surface area contributed by atoms with Crippen LogP contribution in [0.5, 0.6) is 0 Å². The lowest BCUT2D eigenvalue weighted by molar-refractivity contribution is -0.126. The molecule has 4 nitrogen and oxygen atoms in total. The van der Waals surface area contributed by atoms with Gasteiger partial charge in [-0.05, 0) is 16.3 Å². The maximum atomic E-state index is 12.2. The van der Waals surface area contributed by atoms with E-state index in [9.17, 15) is 9.59 Å². The summed E-state index contributed by atoms with van der Waals surface area (Å²) in [5.74, 6) is 0.0601. The van der Waals surface area contributed by atoms with Crippen LogP contribution in [-0.2, 0) is 16.0 Å². The average Bonchev–Trinajstić information content (AvgIpc) is 2.77. The summed E-state index contributed by atoms with van der Waals surface area (Å²) in [5.41, 5.74) is 1.02. The van der Waals surface area contributed by atoms with E-state index >= 15 is 0 Å². The Hall–Kier alpha value is -2.36. The highest BCUT2D eigenvalue weighted by molar-refractivity contribution is 5.90. The van der Waals surface area contributed by atoms with Crippen LogP contribution in [-0.4, -0.2) is 36.3 Å². The normalized spacial score (nSPS) is 18.2. The smallest absolute Gasteiger partial charge is 0.224 e. The maximum Gasteiger partial charge on any atom is 0.224 e. The fourth-order valence-electron chi connectivity index (χ4n) is 2.86. The monoisotopic (exact) mass is 282 g/mol. The summed E-state index contributed by atoms with van der Waals surface area (Å²) in [6, 6.07) is 14.0. The second-order valence-corrected chi connectivity index (χ2v) is 5.56. The van der Waals surface area contributed by atoms with E-state index in [1.54, 1.807) is 11.9 Å². The van der Waals surface area contributed by atoms with Crippen LogP contribution in [0.15, 0.2) is 42.5 Å². The van der Waals surface area contributed by atoms with Gasteiger partial charge in [0.05, 0.1) is 12.5 Å². The minimum Gasteiger partial charge on any atom is -0.351 e. The van der Waals surface area contributed by atoms with Crippen molar-refractivity contribution in [2.75, 3.05) is 13.6 Å². The number of hydrogen-bond acceptors (Lipinski definition) is 2. The van der Waals surface area contributed by atoms with E-state index in [1.807, 2.05) is 42.5 Å². The molecule has 2 aromatic rings. The fraction of sp³-hybridized carbons (Fsp3) is 0.294. The molecule has 1 fully saturated rings. The molecular formula is C17H18N2O2. The highest BCUT2D eigenvalue weighted by Gasteiger charge is 2.27. The Morgan fingerprint density at radius 2 is 2.00 bits per heavy atom. The van der Waals surface area contributed by atoms with E-state index in [1.165, 1.54) is 0 Å². The van der Waals surface area contributed by atoms with E-state index in [2.05, 4.69) is 5.32 Å². The summed E-state index contributed by atoms with van der Waals surface area (Å²) >= 11 is 0. The number of likely N-dealkylation sites (N-methyl/N-ethyl adjacent to an activating group) is 1. The minimum absolute atomic E-state index is 0.0283. The zero-order valence-corrected chi connectivity index (χ0v) is 12.0. The summed E-state index contributed by atoms with van der Waals surface area (Å²) in [6.07, 6.45) is 0.744. The van der Waals surface area contributed by atoms with Crippen LogP contribution in [0, 0.1) is 0 Å². The van der Waals surface area contributed by atoms with Gasteiger partial charge in [-0.25, -0.2) is 0 Å². The molecule has 0 aliphatic carbocycles. The third-order valence-electron chi connectivity index (χ3n) is 3.94. The Morgan fingerprint density at radius 1 is 1.24 bits per heavy atom. The third kappa shape index (κ3) is 2.89. The number of carbonyl (C=O) groups is 2. The maximum absolute atomic E-state index is 12.2. The molecule has 1 aliphatic rings. The van der Waals surface area contributed by atoms with E-state index < -0.39 is 0 Å². The van der Waals surface area contributed by atoms with Crippen molar-refractivity contribution >= 4 is 22.6 Å². The van der Waals surface area contributed by atoms with Gasteiger partial charge in [-0.1, -0.05) is 42.5 Å². The van der Waals surface area contributed by atoms with Crippen LogP contribution in [0.1, 0.15) is 12.0 Å². The molecule has 0 spiro atoms. The zero-order chi connectivity index (χ0) is 14.8. The lowest BCUT2D eigenvalue weighted by Gasteiger charge is -2.13. The van der Waals surface area contributed by atoms with Gasteiger partial charge in [0.1, 0.15) is 0 Å². The van der Waals surface area contributed by atoms with Crippen molar-refractivity contribution in [1.29, 1.82) is 0 Å². The van der Waals surface area contributed by atoms with Crippen molar-refractivity contribution < 1.29 is 9.59 Å². The topological polar surface area (TPSA) is 49.4 Å². The third-order valence-corrected chi connectivity index (χ3v) is 3.94. The lowest BCUT2D eigenvalue weighted by Crippen LogP contribution is -2.37. The Balaban J connectivity index is 1.71. The van der Waals surface area contributed by atoms with Gasteiger partial charge in [0.25, 0.3) is 0 Å². The van der Waals surface area contributed by atoms with Gasteiger partial charge < -0.3 is 10.2 Å². The SMILES string of the molecule is CN1CC(NC(=O)Cc2cccc3ccccc23)CC1=O. The van der Waals surface area contributed by atoms with Crippen molar-refractivity contribution in [3.05, 3.63) is 48.0 Å². The number of benzene rings is 2. The van der Waals surface area contributed by atoms with Crippen molar-refractivity contribution in [3.8, 4) is 0 Å². The molecule has 0 radical (unpaired) electrons. The molecule has 1 aliphatic heterocycles. The van der Waals surface area contributed by atoms with Gasteiger partial charge in [-0.15, -0.1) is 0 Å². The van der Waals surface area contributed by atoms with E-state index in [-0.39, 0.29) is 17.9 Å². The number of fused-ring (bicyclic) bond motifs is 1. The zero-order valence-electron chi connectivity index (χ0n) is 12.0. The van der Waals surface area contributed by atoms with Crippen LogP contribution in [0.2, 0.25) is 0 Å². The molecule has 1 N–H and O–H groups in total. The predicted octanol–water partition coefficient (Wildman–Crippen LogP) is 1.73. The van der Waals surface area contributed by atoms with Crippen molar-refractivity contribution in [2.24, 2.45) is 0 Å². The number of carbonyl (C=O) groups excluding carboxylic acids is 2. The van der Waals surface area contributed by atoms with Crippen molar-refractivity contribution in [1.82, 2.24) is 10.2 Å². The lowest BCUT2D eigenvalue weighted by atomic mass is 10.0. The predicted molar refractivity (Wildman–Crippen MR) is 81.8 cm³/mol. The first-order valence-electron chi connectivity index (χ1n) is 7.13. The number of nitrogens with one attached hydrogen (secondary N) is 1. The quantitative estimate of drug-likeness (QED) is 0.932. The molecule has 1 unspecified atom stereocenters. The van der Waals surface area contributed by atoms with E-state index in [0.717, 1.165) is 16.3 Å². The highest BCUT2D eigenvalue weighted by atomic mass is 16.2. The van der Waals surface area contributed by atoms with Crippen LogP contribution in [0.3, 0.4) is 0 Å². The van der Waals surface area contributed by atoms with Gasteiger partial charge in [-0.3, -0.25) is 9.59 Å². The molecule has 3 rings (SSSR count). The van der Waals surface area contributed by atoms with Gasteiger partial charge in [0.2, 0.25) is 11.8 Å². The fourth-order valence-corrected chi connectivity index (χ4v) is 2.86. The summed E-state index contributed by atoms with van der Waals surface area (Å²) in [6.45, 7) is 0.597. The molecule has 21 heavy (non-hydrogen) atoms. The summed E-state index contributed by atoms with van der Waals surface area (Å²) in [4.78, 5) is 25.3. The summed E-state index contributed by atoms with van der Waals surface area (Å²) in [7, 11) is 1.76. The van der Waals surface area contributed by atoms with Crippen LogP contribution < -0.4 is 5.32 Å². The second kappa shape index (κ2) is 5.56. The Bertz CT molecular complexity index is 691. The van der Waals surface area contributed by atoms with Crippen LogP contribution >= 0.6 is 0 Å². The second-order valence-electron chi connectivity index (χ2n) is 5.56. The number of rotatable bonds is 3. The Morgan fingerprint density at radius 3 is 2.76 bits per heavy atom. The van der Waals surface area contributed by atoms with Crippen LogP contribution in [0.25, 0.3) is 10.8 Å².